The first-order chi connectivity index (χ1) is 13.4. The van der Waals surface area contributed by atoms with Crippen molar-refractivity contribution in [1.82, 2.24) is 15.5 Å². The fourth-order valence-electron chi connectivity index (χ4n) is 2.48. The van der Waals surface area contributed by atoms with Crippen molar-refractivity contribution in [2.45, 2.75) is 72.1 Å². The highest BCUT2D eigenvalue weighted by atomic mass is 16.6. The summed E-state index contributed by atoms with van der Waals surface area (Å²) in [4.78, 5) is 18.2. The number of rotatable bonds is 8. The lowest BCUT2D eigenvalue weighted by Gasteiger charge is -2.29. The van der Waals surface area contributed by atoms with Crippen molar-refractivity contribution in [3.05, 3.63) is 23.7 Å². The number of guanidine groups is 1. The Morgan fingerprint density at radius 2 is 1.97 bits per heavy atom. The second-order valence-corrected chi connectivity index (χ2v) is 8.54. The van der Waals surface area contributed by atoms with Crippen LogP contribution >= 0.6 is 0 Å². The van der Waals surface area contributed by atoms with Crippen LogP contribution < -0.4 is 10.6 Å². The van der Waals surface area contributed by atoms with Gasteiger partial charge in [-0.15, -0.1) is 0 Å². The number of aryl methyl sites for hydroxylation is 1. The van der Waals surface area contributed by atoms with Crippen LogP contribution in [-0.4, -0.2) is 60.4 Å². The third-order valence-electron chi connectivity index (χ3n) is 4.36. The molecule has 8 heteroatoms. The topological polar surface area (TPSA) is 99.3 Å². The summed E-state index contributed by atoms with van der Waals surface area (Å²) in [6.07, 6.45) is 0.379. The van der Waals surface area contributed by atoms with Gasteiger partial charge in [0.15, 0.2) is 5.96 Å². The lowest BCUT2D eigenvalue weighted by molar-refractivity contribution is 0.0230. The van der Waals surface area contributed by atoms with E-state index in [0.717, 1.165) is 5.76 Å². The summed E-state index contributed by atoms with van der Waals surface area (Å²) in [6.45, 7) is 14.5. The first-order valence-electron chi connectivity index (χ1n) is 10.1. The predicted octanol–water partition coefficient (Wildman–Crippen LogP) is 3.00. The van der Waals surface area contributed by atoms with Gasteiger partial charge in [-0.2, -0.15) is 0 Å². The number of hydrogen-bond acceptors (Lipinski definition) is 5. The third-order valence-corrected chi connectivity index (χ3v) is 4.36. The molecule has 2 unspecified atom stereocenters. The van der Waals surface area contributed by atoms with Crippen LogP contribution in [0.5, 0.6) is 0 Å². The average Bonchev–Trinajstić information content (AvgIpc) is 3.04. The Labute approximate surface area is 174 Å². The molecule has 0 saturated carbocycles. The van der Waals surface area contributed by atoms with E-state index in [4.69, 9.17) is 9.15 Å². The zero-order valence-corrected chi connectivity index (χ0v) is 19.1. The molecule has 0 saturated heterocycles. The van der Waals surface area contributed by atoms with E-state index in [9.17, 15) is 9.90 Å². The minimum Gasteiger partial charge on any atom is -0.463 e. The zero-order chi connectivity index (χ0) is 22.2. The molecule has 0 bridgehead atoms. The second kappa shape index (κ2) is 10.5. The maximum atomic E-state index is 12.2. The van der Waals surface area contributed by atoms with Gasteiger partial charge in [0, 0.05) is 26.2 Å². The lowest BCUT2D eigenvalue weighted by atomic mass is 10.0. The highest BCUT2D eigenvalue weighted by molar-refractivity contribution is 5.79. The molecular weight excluding hydrogens is 372 g/mol. The number of carbonyl (C=O) groups excluding carboxylic acids is 1. The van der Waals surface area contributed by atoms with E-state index in [0.29, 0.717) is 31.2 Å². The number of furan rings is 1. The molecule has 1 heterocycles. The Kier molecular flexibility index (Phi) is 9.01. The molecule has 8 nitrogen and oxygen atoms in total. The van der Waals surface area contributed by atoms with E-state index >= 15 is 0 Å². The van der Waals surface area contributed by atoms with Gasteiger partial charge in [0.2, 0.25) is 0 Å². The van der Waals surface area contributed by atoms with E-state index in [1.54, 1.807) is 24.9 Å². The summed E-state index contributed by atoms with van der Waals surface area (Å²) in [5.41, 5.74) is -1.71. The van der Waals surface area contributed by atoms with Crippen LogP contribution in [0.15, 0.2) is 21.5 Å². The molecule has 0 spiro atoms. The largest absolute Gasteiger partial charge is 0.463 e. The van der Waals surface area contributed by atoms with Gasteiger partial charge in [-0.25, -0.2) is 9.79 Å². The first kappa shape index (κ1) is 24.8. The highest BCUT2D eigenvalue weighted by Gasteiger charge is 2.27. The number of aliphatic imine (C=N–C) groups is 1. The van der Waals surface area contributed by atoms with Crippen LogP contribution in [0, 0.1) is 6.92 Å². The van der Waals surface area contributed by atoms with Gasteiger partial charge in [-0.05, 0) is 67.0 Å². The van der Waals surface area contributed by atoms with Crippen LogP contribution in [0.2, 0.25) is 0 Å². The number of aliphatic hydroxyl groups is 1. The fraction of sp³-hybridized carbons (Fsp3) is 0.714. The number of nitrogens with zero attached hydrogens (tertiary/aromatic N) is 2. The van der Waals surface area contributed by atoms with E-state index in [2.05, 4.69) is 15.6 Å². The Morgan fingerprint density at radius 1 is 1.31 bits per heavy atom. The van der Waals surface area contributed by atoms with Crippen LogP contribution in [-0.2, 0) is 10.3 Å². The average molecular weight is 411 g/mol. The smallest absolute Gasteiger partial charge is 0.410 e. The summed E-state index contributed by atoms with van der Waals surface area (Å²) >= 11 is 0. The molecule has 0 aromatic carbocycles. The lowest BCUT2D eigenvalue weighted by Crippen LogP contribution is -2.43. The summed E-state index contributed by atoms with van der Waals surface area (Å²) in [7, 11) is 1.74. The Morgan fingerprint density at radius 3 is 2.48 bits per heavy atom. The van der Waals surface area contributed by atoms with Crippen LogP contribution in [0.25, 0.3) is 0 Å². The van der Waals surface area contributed by atoms with Crippen molar-refractivity contribution < 1.29 is 19.1 Å². The van der Waals surface area contributed by atoms with E-state index in [1.807, 2.05) is 47.6 Å². The number of carbonyl (C=O) groups is 1. The minimum atomic E-state index is -1.19. The predicted molar refractivity (Wildman–Crippen MR) is 115 cm³/mol. The van der Waals surface area contributed by atoms with Crippen molar-refractivity contribution >= 4 is 12.1 Å². The van der Waals surface area contributed by atoms with Gasteiger partial charge in [0.25, 0.3) is 0 Å². The van der Waals surface area contributed by atoms with Gasteiger partial charge in [0.1, 0.15) is 22.7 Å². The Bertz CT molecular complexity index is 676. The van der Waals surface area contributed by atoms with Gasteiger partial charge in [-0.1, -0.05) is 0 Å². The first-order valence-corrected chi connectivity index (χ1v) is 10.1. The van der Waals surface area contributed by atoms with Gasteiger partial charge in [0.05, 0.1) is 6.54 Å². The second-order valence-electron chi connectivity index (χ2n) is 8.54. The molecule has 1 rings (SSSR count). The summed E-state index contributed by atoms with van der Waals surface area (Å²) in [5.74, 6) is 1.84. The SMILES string of the molecule is CCNC(=NCC(C)(O)c1ccc(C)o1)NCCC(C)N(C)C(=O)OC(C)(C)C. The maximum Gasteiger partial charge on any atom is 0.410 e. The number of nitrogens with one attached hydrogen (secondary N) is 2. The summed E-state index contributed by atoms with van der Waals surface area (Å²) < 4.78 is 10.9. The minimum absolute atomic E-state index is 0.00516. The molecule has 0 radical (unpaired) electrons. The Hall–Kier alpha value is -2.22. The molecule has 2 atom stereocenters. The van der Waals surface area contributed by atoms with Crippen molar-refractivity contribution in [1.29, 1.82) is 0 Å². The fourth-order valence-corrected chi connectivity index (χ4v) is 2.48. The van der Waals surface area contributed by atoms with Gasteiger partial charge >= 0.3 is 6.09 Å². The van der Waals surface area contributed by atoms with E-state index < -0.39 is 11.2 Å². The molecular formula is C21H38N4O4. The molecule has 0 aliphatic carbocycles. The molecule has 1 aromatic rings. The molecule has 0 fully saturated rings. The molecule has 166 valence electrons. The summed E-state index contributed by atoms with van der Waals surface area (Å²) in [5, 5.41) is 17.0. The molecule has 1 aromatic heterocycles. The van der Waals surface area contributed by atoms with Crippen LogP contribution in [0.3, 0.4) is 0 Å². The standard InChI is InChI=1S/C21H38N4O4/c1-9-22-18(24-14-21(7,27)17-11-10-16(3)28-17)23-13-12-15(2)25(8)19(26)29-20(4,5)6/h10-11,15,27H,9,12-14H2,1-8H3,(H2,22,23,24). The van der Waals surface area contributed by atoms with Crippen molar-refractivity contribution in [2.24, 2.45) is 4.99 Å². The molecule has 1 amide bonds. The van der Waals surface area contributed by atoms with Gasteiger partial charge in [-0.3, -0.25) is 0 Å². The van der Waals surface area contributed by atoms with Gasteiger partial charge < -0.3 is 29.8 Å². The van der Waals surface area contributed by atoms with Crippen LogP contribution in [0.1, 0.15) is 59.5 Å². The molecule has 3 N–H and O–H groups in total. The molecule has 0 aliphatic heterocycles. The van der Waals surface area contributed by atoms with Crippen molar-refractivity contribution in [3.8, 4) is 0 Å². The van der Waals surface area contributed by atoms with E-state index in [-0.39, 0.29) is 18.7 Å². The van der Waals surface area contributed by atoms with E-state index in [1.165, 1.54) is 0 Å². The summed E-state index contributed by atoms with van der Waals surface area (Å²) in [6, 6.07) is 3.58. The zero-order valence-electron chi connectivity index (χ0n) is 19.1. The number of ether oxygens (including phenoxy) is 1. The Balaban J connectivity index is 2.59. The van der Waals surface area contributed by atoms with Crippen LogP contribution in [0.4, 0.5) is 4.79 Å². The molecule has 0 aliphatic rings. The third kappa shape index (κ3) is 8.77. The number of hydrogen-bond donors (Lipinski definition) is 3. The maximum absolute atomic E-state index is 12.2. The normalized spacial score (nSPS) is 15.4. The highest BCUT2D eigenvalue weighted by Crippen LogP contribution is 2.23. The molecule has 29 heavy (non-hydrogen) atoms. The van der Waals surface area contributed by atoms with Crippen molar-refractivity contribution in [3.63, 3.8) is 0 Å². The monoisotopic (exact) mass is 410 g/mol. The number of amides is 1. The quantitative estimate of drug-likeness (QED) is 0.450. The van der Waals surface area contributed by atoms with Crippen molar-refractivity contribution in [2.75, 3.05) is 26.7 Å².